The number of guanidine groups is 1. The minimum absolute atomic E-state index is 0.0874. The summed E-state index contributed by atoms with van der Waals surface area (Å²) in [5, 5.41) is 13.0. The summed E-state index contributed by atoms with van der Waals surface area (Å²) in [6.45, 7) is 3.72. The third-order valence-electron chi connectivity index (χ3n) is 4.84. The Morgan fingerprint density at radius 2 is 2.15 bits per heavy atom. The van der Waals surface area contributed by atoms with Crippen molar-refractivity contribution < 1.29 is 9.21 Å². The van der Waals surface area contributed by atoms with Crippen molar-refractivity contribution >= 4 is 33.9 Å². The van der Waals surface area contributed by atoms with Crippen LogP contribution in [0.1, 0.15) is 31.4 Å². The number of hydrogen-bond donors (Lipinski definition) is 2. The zero-order valence-corrected chi connectivity index (χ0v) is 14.8. The van der Waals surface area contributed by atoms with Crippen LogP contribution in [-0.4, -0.2) is 28.8 Å². The molecule has 130 valence electrons. The Morgan fingerprint density at radius 3 is 2.88 bits per heavy atom. The third kappa shape index (κ3) is 2.40. The van der Waals surface area contributed by atoms with Crippen molar-refractivity contribution in [3.63, 3.8) is 0 Å². The summed E-state index contributed by atoms with van der Waals surface area (Å²) in [6, 6.07) is 7.78. The number of hydrogen-bond acceptors (Lipinski definition) is 4. The van der Waals surface area contributed by atoms with Crippen LogP contribution in [0.3, 0.4) is 0 Å². The molecule has 0 aliphatic carbocycles. The van der Waals surface area contributed by atoms with Crippen molar-refractivity contribution in [2.45, 2.75) is 25.8 Å². The first-order chi connectivity index (χ1) is 12.4. The molecule has 4 rings (SSSR count). The highest BCUT2D eigenvalue weighted by Gasteiger charge is 2.38. The van der Waals surface area contributed by atoms with Crippen LogP contribution in [0.25, 0.3) is 22.1 Å². The standard InChI is InChI=1S/C20H18N4O2/c1-4-5-12-8-15-14-9-13(6-7-16(14)26-18(15)22-11-12)20(2)10-17(25)24(3)19(21)23-20/h6-9,11H,10H2,1-3H3,(H2,21,23)/t20-/m0/s1. The monoisotopic (exact) mass is 346 g/mol. The van der Waals surface area contributed by atoms with E-state index in [-0.39, 0.29) is 18.3 Å². The molecule has 6 nitrogen and oxygen atoms in total. The van der Waals surface area contributed by atoms with Gasteiger partial charge in [0, 0.05) is 29.6 Å². The van der Waals surface area contributed by atoms with Crippen LogP contribution in [0.4, 0.5) is 0 Å². The SMILES string of the molecule is CC#Cc1cnc2oc3ccc([C@]4(C)CC(=O)N(C)C(=N)N4)cc3c2c1. The Hall–Kier alpha value is -3.33. The average molecular weight is 346 g/mol. The van der Waals surface area contributed by atoms with Crippen molar-refractivity contribution in [3.8, 4) is 11.8 Å². The number of rotatable bonds is 1. The lowest BCUT2D eigenvalue weighted by atomic mass is 9.86. The molecule has 0 saturated carbocycles. The van der Waals surface area contributed by atoms with Gasteiger partial charge in [-0.25, -0.2) is 4.98 Å². The lowest BCUT2D eigenvalue weighted by Gasteiger charge is -2.39. The van der Waals surface area contributed by atoms with E-state index < -0.39 is 5.54 Å². The molecule has 1 aliphatic rings. The number of pyridine rings is 1. The van der Waals surface area contributed by atoms with Gasteiger partial charge in [-0.2, -0.15) is 0 Å². The smallest absolute Gasteiger partial charge is 0.231 e. The molecule has 0 bridgehead atoms. The maximum Gasteiger partial charge on any atom is 0.231 e. The van der Waals surface area contributed by atoms with Gasteiger partial charge in [-0.05, 0) is 37.6 Å². The van der Waals surface area contributed by atoms with Gasteiger partial charge in [-0.3, -0.25) is 15.1 Å². The molecule has 0 unspecified atom stereocenters. The van der Waals surface area contributed by atoms with Crippen molar-refractivity contribution in [1.82, 2.24) is 15.2 Å². The minimum Gasteiger partial charge on any atom is -0.438 e. The van der Waals surface area contributed by atoms with Crippen LogP contribution < -0.4 is 5.32 Å². The Morgan fingerprint density at radius 1 is 1.35 bits per heavy atom. The average Bonchev–Trinajstić information content (AvgIpc) is 2.97. The first-order valence-electron chi connectivity index (χ1n) is 8.30. The summed E-state index contributed by atoms with van der Waals surface area (Å²) in [5.41, 5.74) is 2.40. The Balaban J connectivity index is 1.87. The topological polar surface area (TPSA) is 82.2 Å². The second kappa shape index (κ2) is 5.60. The molecule has 1 atom stereocenters. The number of benzene rings is 1. The van der Waals surface area contributed by atoms with E-state index in [9.17, 15) is 4.79 Å². The third-order valence-corrected chi connectivity index (χ3v) is 4.84. The molecular weight excluding hydrogens is 328 g/mol. The van der Waals surface area contributed by atoms with Gasteiger partial charge < -0.3 is 9.73 Å². The molecule has 2 N–H and O–H groups in total. The van der Waals surface area contributed by atoms with Crippen molar-refractivity contribution in [2.24, 2.45) is 0 Å². The minimum atomic E-state index is -0.646. The van der Waals surface area contributed by atoms with E-state index in [1.54, 1.807) is 20.2 Å². The van der Waals surface area contributed by atoms with Gasteiger partial charge >= 0.3 is 0 Å². The predicted octanol–water partition coefficient (Wildman–Crippen LogP) is 2.95. The van der Waals surface area contributed by atoms with E-state index in [0.717, 1.165) is 27.5 Å². The van der Waals surface area contributed by atoms with Crippen LogP contribution in [-0.2, 0) is 10.3 Å². The van der Waals surface area contributed by atoms with Gasteiger partial charge in [0.25, 0.3) is 0 Å². The number of furan rings is 1. The van der Waals surface area contributed by atoms with E-state index >= 15 is 0 Å². The van der Waals surface area contributed by atoms with E-state index in [0.29, 0.717) is 5.71 Å². The van der Waals surface area contributed by atoms with Gasteiger partial charge in [0.2, 0.25) is 11.6 Å². The van der Waals surface area contributed by atoms with E-state index in [4.69, 9.17) is 9.83 Å². The largest absolute Gasteiger partial charge is 0.438 e. The molecule has 1 amide bonds. The molecule has 1 aromatic carbocycles. The zero-order chi connectivity index (χ0) is 18.5. The predicted molar refractivity (Wildman–Crippen MR) is 99.7 cm³/mol. The van der Waals surface area contributed by atoms with Gasteiger partial charge in [-0.15, -0.1) is 5.92 Å². The van der Waals surface area contributed by atoms with E-state index in [1.807, 2.05) is 31.2 Å². The second-order valence-corrected chi connectivity index (χ2v) is 6.70. The first kappa shape index (κ1) is 16.2. The van der Waals surface area contributed by atoms with Crippen LogP contribution in [0, 0.1) is 17.3 Å². The van der Waals surface area contributed by atoms with Crippen LogP contribution in [0.2, 0.25) is 0 Å². The fourth-order valence-electron chi connectivity index (χ4n) is 3.33. The summed E-state index contributed by atoms with van der Waals surface area (Å²) in [4.78, 5) is 17.9. The molecular formula is C20H18N4O2. The molecule has 1 saturated heterocycles. The first-order valence-corrected chi connectivity index (χ1v) is 8.30. The number of nitrogens with one attached hydrogen (secondary N) is 2. The Labute approximate surface area is 150 Å². The highest BCUT2D eigenvalue weighted by Crippen LogP contribution is 2.34. The normalized spacial score (nSPS) is 20.2. The van der Waals surface area contributed by atoms with Crippen molar-refractivity contribution in [2.75, 3.05) is 7.05 Å². The number of carbonyl (C=O) groups excluding carboxylic acids is 1. The van der Waals surface area contributed by atoms with Crippen molar-refractivity contribution in [1.29, 1.82) is 5.41 Å². The molecule has 3 heterocycles. The number of aromatic nitrogens is 1. The quantitative estimate of drug-likeness (QED) is 0.664. The number of amides is 1. The van der Waals surface area contributed by atoms with E-state index in [1.165, 1.54) is 4.90 Å². The molecule has 1 aliphatic heterocycles. The maximum atomic E-state index is 12.2. The van der Waals surface area contributed by atoms with Gasteiger partial charge in [-0.1, -0.05) is 12.0 Å². The lowest BCUT2D eigenvalue weighted by molar-refractivity contribution is -0.129. The second-order valence-electron chi connectivity index (χ2n) is 6.70. The molecule has 2 aromatic heterocycles. The van der Waals surface area contributed by atoms with Crippen LogP contribution in [0.5, 0.6) is 0 Å². The van der Waals surface area contributed by atoms with Crippen LogP contribution >= 0.6 is 0 Å². The summed E-state index contributed by atoms with van der Waals surface area (Å²) in [6.07, 6.45) is 1.97. The fourth-order valence-corrected chi connectivity index (χ4v) is 3.33. The fraction of sp³-hybridized carbons (Fsp3) is 0.250. The summed E-state index contributed by atoms with van der Waals surface area (Å²) in [5.74, 6) is 5.90. The summed E-state index contributed by atoms with van der Waals surface area (Å²) >= 11 is 0. The Kier molecular flexibility index (Phi) is 3.48. The molecule has 6 heteroatoms. The number of fused-ring (bicyclic) bond motifs is 3. The summed E-state index contributed by atoms with van der Waals surface area (Å²) in [7, 11) is 1.60. The van der Waals surface area contributed by atoms with Gasteiger partial charge in [0.15, 0.2) is 5.96 Å². The molecule has 26 heavy (non-hydrogen) atoms. The number of carbonyl (C=O) groups is 1. The highest BCUT2D eigenvalue weighted by atomic mass is 16.3. The highest BCUT2D eigenvalue weighted by molar-refractivity contribution is 6.04. The lowest BCUT2D eigenvalue weighted by Crippen LogP contribution is -2.58. The van der Waals surface area contributed by atoms with Gasteiger partial charge in [0.05, 0.1) is 12.0 Å². The molecule has 0 radical (unpaired) electrons. The molecule has 0 spiro atoms. The van der Waals surface area contributed by atoms with E-state index in [2.05, 4.69) is 22.1 Å². The van der Waals surface area contributed by atoms with Crippen LogP contribution in [0.15, 0.2) is 34.9 Å². The number of nitrogens with zero attached hydrogens (tertiary/aromatic N) is 2. The molecule has 1 fully saturated rings. The van der Waals surface area contributed by atoms with Crippen molar-refractivity contribution in [3.05, 3.63) is 41.6 Å². The molecule has 3 aromatic rings. The Bertz CT molecular complexity index is 1120. The summed E-state index contributed by atoms with van der Waals surface area (Å²) < 4.78 is 5.82. The zero-order valence-electron chi connectivity index (χ0n) is 14.8. The van der Waals surface area contributed by atoms with Gasteiger partial charge in [0.1, 0.15) is 5.58 Å². The maximum absolute atomic E-state index is 12.2.